The Bertz CT molecular complexity index is 721. The molecule has 0 fully saturated rings. The van der Waals surface area contributed by atoms with Crippen molar-refractivity contribution in [1.29, 1.82) is 0 Å². The number of aromatic nitrogens is 2. The van der Waals surface area contributed by atoms with Crippen molar-refractivity contribution < 1.29 is 0 Å². The molecular weight excluding hydrogens is 302 g/mol. The molecule has 0 radical (unpaired) electrons. The Kier molecular flexibility index (Phi) is 4.48. The van der Waals surface area contributed by atoms with Crippen LogP contribution < -0.4 is 5.32 Å². The van der Waals surface area contributed by atoms with E-state index in [1.165, 1.54) is 10.5 Å². The Morgan fingerprint density at radius 1 is 1.24 bits per heavy atom. The summed E-state index contributed by atoms with van der Waals surface area (Å²) in [5.74, 6) is 0. The van der Waals surface area contributed by atoms with Gasteiger partial charge in [-0.2, -0.15) is 0 Å². The first-order valence-electron chi connectivity index (χ1n) is 6.88. The number of nitrogens with zero attached hydrogens (tertiary/aromatic N) is 1. The van der Waals surface area contributed by atoms with Gasteiger partial charge in [0.2, 0.25) is 0 Å². The molecule has 0 aliphatic rings. The third-order valence-electron chi connectivity index (χ3n) is 3.16. The van der Waals surface area contributed by atoms with Gasteiger partial charge in [-0.3, -0.25) is 0 Å². The zero-order valence-electron chi connectivity index (χ0n) is 11.7. The Morgan fingerprint density at radius 2 is 2.10 bits per heavy atom. The molecule has 1 aromatic heterocycles. The predicted octanol–water partition coefficient (Wildman–Crippen LogP) is 4.48. The van der Waals surface area contributed by atoms with Crippen molar-refractivity contribution in [3.8, 4) is 0 Å². The summed E-state index contributed by atoms with van der Waals surface area (Å²) in [6, 6.07) is 14.0. The number of hydrogen-bond acceptors (Lipinski definition) is 3. The van der Waals surface area contributed by atoms with Crippen molar-refractivity contribution in [2.24, 2.45) is 0 Å². The molecule has 3 rings (SSSR count). The normalized spacial score (nSPS) is 11.1. The van der Waals surface area contributed by atoms with E-state index in [0.717, 1.165) is 34.3 Å². The fraction of sp³-hybridized carbons (Fsp3) is 0.188. The molecule has 0 aliphatic carbocycles. The molecular formula is C16H16ClN3S. The quantitative estimate of drug-likeness (QED) is 0.729. The molecule has 2 N–H and O–H groups in total. The lowest BCUT2D eigenvalue weighted by molar-refractivity contribution is 0.718. The van der Waals surface area contributed by atoms with Gasteiger partial charge < -0.3 is 10.3 Å². The summed E-state index contributed by atoms with van der Waals surface area (Å²) in [6.45, 7) is 3.83. The summed E-state index contributed by atoms with van der Waals surface area (Å²) in [6.07, 6.45) is 0. The number of benzene rings is 2. The summed E-state index contributed by atoms with van der Waals surface area (Å²) in [7, 11) is 0. The number of para-hydroxylation sites is 2. The van der Waals surface area contributed by atoms with Crippen molar-refractivity contribution in [2.75, 3.05) is 6.54 Å². The van der Waals surface area contributed by atoms with Gasteiger partial charge in [0, 0.05) is 16.5 Å². The number of H-pyrrole nitrogens is 1. The molecule has 0 unspecified atom stereocenters. The molecule has 0 bridgehead atoms. The molecule has 0 saturated heterocycles. The van der Waals surface area contributed by atoms with E-state index in [1.807, 2.05) is 42.5 Å². The van der Waals surface area contributed by atoms with Crippen LogP contribution in [0.1, 0.15) is 12.5 Å². The van der Waals surface area contributed by atoms with Gasteiger partial charge in [-0.25, -0.2) is 4.98 Å². The van der Waals surface area contributed by atoms with Gasteiger partial charge in [0.1, 0.15) is 0 Å². The molecule has 3 aromatic rings. The lowest BCUT2D eigenvalue weighted by Crippen LogP contribution is -2.12. The smallest absolute Gasteiger partial charge is 0.171 e. The van der Waals surface area contributed by atoms with Gasteiger partial charge in [0.25, 0.3) is 0 Å². The molecule has 0 aliphatic heterocycles. The van der Waals surface area contributed by atoms with Crippen LogP contribution in [-0.2, 0) is 6.54 Å². The summed E-state index contributed by atoms with van der Waals surface area (Å²) < 4.78 is 0. The van der Waals surface area contributed by atoms with Crippen LogP contribution >= 0.6 is 23.4 Å². The molecule has 3 nitrogen and oxygen atoms in total. The minimum absolute atomic E-state index is 0.761. The van der Waals surface area contributed by atoms with E-state index in [-0.39, 0.29) is 0 Å². The Balaban J connectivity index is 1.89. The second-order valence-corrected chi connectivity index (χ2v) is 6.16. The van der Waals surface area contributed by atoms with Crippen LogP contribution in [0.2, 0.25) is 5.02 Å². The van der Waals surface area contributed by atoms with Crippen molar-refractivity contribution in [3.63, 3.8) is 0 Å². The van der Waals surface area contributed by atoms with Crippen LogP contribution in [0.3, 0.4) is 0 Å². The number of fused-ring (bicyclic) bond motifs is 1. The third-order valence-corrected chi connectivity index (χ3v) is 4.40. The van der Waals surface area contributed by atoms with Crippen molar-refractivity contribution in [1.82, 2.24) is 15.3 Å². The van der Waals surface area contributed by atoms with Gasteiger partial charge in [0.15, 0.2) is 5.16 Å². The van der Waals surface area contributed by atoms with E-state index in [2.05, 4.69) is 22.2 Å². The monoisotopic (exact) mass is 317 g/mol. The highest BCUT2D eigenvalue weighted by molar-refractivity contribution is 7.99. The van der Waals surface area contributed by atoms with E-state index < -0.39 is 0 Å². The average molecular weight is 318 g/mol. The van der Waals surface area contributed by atoms with Crippen molar-refractivity contribution in [3.05, 3.63) is 53.1 Å². The SMILES string of the molecule is CCNCc1cc(Cl)ccc1Sc1nc2ccccc2[nH]1. The Hall–Kier alpha value is -1.49. The molecule has 0 saturated carbocycles. The van der Waals surface area contributed by atoms with Crippen LogP contribution in [0.5, 0.6) is 0 Å². The maximum absolute atomic E-state index is 6.10. The molecule has 5 heteroatoms. The zero-order valence-corrected chi connectivity index (χ0v) is 13.3. The lowest BCUT2D eigenvalue weighted by Gasteiger charge is -2.08. The number of aromatic amines is 1. The van der Waals surface area contributed by atoms with Gasteiger partial charge in [-0.05, 0) is 42.4 Å². The second kappa shape index (κ2) is 6.52. The third kappa shape index (κ3) is 3.40. The largest absolute Gasteiger partial charge is 0.333 e. The van der Waals surface area contributed by atoms with Gasteiger partial charge in [-0.1, -0.05) is 42.4 Å². The molecule has 0 atom stereocenters. The van der Waals surface area contributed by atoms with E-state index in [9.17, 15) is 0 Å². The lowest BCUT2D eigenvalue weighted by atomic mass is 10.2. The van der Waals surface area contributed by atoms with Crippen LogP contribution in [-0.4, -0.2) is 16.5 Å². The first kappa shape index (κ1) is 14.4. The zero-order chi connectivity index (χ0) is 14.7. The second-order valence-electron chi connectivity index (χ2n) is 4.69. The van der Waals surface area contributed by atoms with Crippen molar-refractivity contribution in [2.45, 2.75) is 23.5 Å². The Morgan fingerprint density at radius 3 is 2.90 bits per heavy atom. The van der Waals surface area contributed by atoms with E-state index in [4.69, 9.17) is 11.6 Å². The van der Waals surface area contributed by atoms with Gasteiger partial charge in [0.05, 0.1) is 11.0 Å². The number of rotatable bonds is 5. The molecule has 21 heavy (non-hydrogen) atoms. The maximum Gasteiger partial charge on any atom is 0.171 e. The predicted molar refractivity (Wildman–Crippen MR) is 89.0 cm³/mol. The molecule has 2 aromatic carbocycles. The van der Waals surface area contributed by atoms with Gasteiger partial charge >= 0.3 is 0 Å². The average Bonchev–Trinajstić information content (AvgIpc) is 2.89. The highest BCUT2D eigenvalue weighted by Crippen LogP contribution is 2.31. The Labute approximate surface area is 133 Å². The van der Waals surface area contributed by atoms with Crippen molar-refractivity contribution >= 4 is 34.4 Å². The van der Waals surface area contributed by atoms with E-state index >= 15 is 0 Å². The summed E-state index contributed by atoms with van der Waals surface area (Å²) in [5.41, 5.74) is 3.24. The number of hydrogen-bond donors (Lipinski definition) is 2. The van der Waals surface area contributed by atoms with Crippen LogP contribution in [0.25, 0.3) is 11.0 Å². The topological polar surface area (TPSA) is 40.7 Å². The summed E-state index contributed by atoms with van der Waals surface area (Å²) >= 11 is 7.74. The van der Waals surface area contributed by atoms with Gasteiger partial charge in [-0.15, -0.1) is 0 Å². The fourth-order valence-electron chi connectivity index (χ4n) is 2.13. The van der Waals surface area contributed by atoms with Crippen LogP contribution in [0.15, 0.2) is 52.5 Å². The van der Waals surface area contributed by atoms with Crippen LogP contribution in [0.4, 0.5) is 0 Å². The minimum Gasteiger partial charge on any atom is -0.333 e. The van der Waals surface area contributed by atoms with E-state index in [0.29, 0.717) is 0 Å². The standard InChI is InChI=1S/C16H16ClN3S/c1-2-18-10-11-9-12(17)7-8-15(11)21-16-19-13-5-3-4-6-14(13)20-16/h3-9,18H,2,10H2,1H3,(H,19,20). The summed E-state index contributed by atoms with van der Waals surface area (Å²) in [5, 5.41) is 5.00. The number of halogens is 1. The minimum atomic E-state index is 0.761. The molecule has 0 amide bonds. The first-order valence-corrected chi connectivity index (χ1v) is 8.07. The first-order chi connectivity index (χ1) is 10.3. The number of imidazole rings is 1. The highest BCUT2D eigenvalue weighted by atomic mass is 35.5. The highest BCUT2D eigenvalue weighted by Gasteiger charge is 2.08. The molecule has 0 spiro atoms. The van der Waals surface area contributed by atoms with E-state index in [1.54, 1.807) is 11.8 Å². The maximum atomic E-state index is 6.10. The molecule has 1 heterocycles. The fourth-order valence-corrected chi connectivity index (χ4v) is 3.23. The van der Waals surface area contributed by atoms with Crippen LogP contribution in [0, 0.1) is 0 Å². The molecule has 108 valence electrons. The summed E-state index contributed by atoms with van der Waals surface area (Å²) in [4.78, 5) is 9.11. The number of nitrogens with one attached hydrogen (secondary N) is 2.